The second kappa shape index (κ2) is 10.7. The molecule has 0 radical (unpaired) electrons. The Labute approximate surface area is 223 Å². The Kier molecular flexibility index (Phi) is 7.15. The van der Waals surface area contributed by atoms with Crippen molar-refractivity contribution in [1.82, 2.24) is 0 Å². The molecule has 0 fully saturated rings. The standard InChI is InChI=1S/C32H23BrF3N/c33-31-27(12-7-13-30(31)32(34,35)36)22-37(28-18-14-25(15-19-28)23-8-3-1-4-9-23)29-20-16-26(17-21-29)24-10-5-2-6-11-24/h1-21H,22H2. The van der Waals surface area contributed by atoms with Crippen LogP contribution >= 0.6 is 15.9 Å². The predicted molar refractivity (Wildman–Crippen MR) is 149 cm³/mol. The van der Waals surface area contributed by atoms with Gasteiger partial charge in [0, 0.05) is 22.4 Å². The highest BCUT2D eigenvalue weighted by molar-refractivity contribution is 9.10. The molecule has 0 heterocycles. The number of hydrogen-bond acceptors (Lipinski definition) is 1. The zero-order valence-corrected chi connectivity index (χ0v) is 21.4. The summed E-state index contributed by atoms with van der Waals surface area (Å²) >= 11 is 3.23. The molecule has 0 saturated carbocycles. The van der Waals surface area contributed by atoms with E-state index in [0.717, 1.165) is 39.7 Å². The van der Waals surface area contributed by atoms with Gasteiger partial charge in [0.1, 0.15) is 0 Å². The largest absolute Gasteiger partial charge is 0.417 e. The van der Waals surface area contributed by atoms with E-state index in [0.29, 0.717) is 5.56 Å². The van der Waals surface area contributed by atoms with E-state index in [1.807, 2.05) is 89.8 Å². The van der Waals surface area contributed by atoms with Crippen molar-refractivity contribution in [2.75, 3.05) is 4.90 Å². The molecule has 0 N–H and O–H groups in total. The van der Waals surface area contributed by atoms with E-state index in [9.17, 15) is 13.2 Å². The molecule has 0 atom stereocenters. The summed E-state index contributed by atoms with van der Waals surface area (Å²) in [6.45, 7) is 0.264. The Morgan fingerprint density at radius 2 is 0.946 bits per heavy atom. The van der Waals surface area contributed by atoms with Gasteiger partial charge < -0.3 is 4.90 Å². The zero-order chi connectivity index (χ0) is 25.8. The number of anilines is 2. The number of hydrogen-bond donors (Lipinski definition) is 0. The molecule has 0 aliphatic carbocycles. The Bertz CT molecular complexity index is 1380. The van der Waals surface area contributed by atoms with Gasteiger partial charge in [-0.25, -0.2) is 0 Å². The summed E-state index contributed by atoms with van der Waals surface area (Å²) < 4.78 is 40.8. The summed E-state index contributed by atoms with van der Waals surface area (Å²) in [6, 6.07) is 40.6. The minimum absolute atomic E-state index is 0.0642. The predicted octanol–water partition coefficient (Wildman–Crippen LogP) is 10.1. The van der Waals surface area contributed by atoms with Crippen molar-refractivity contribution in [3.63, 3.8) is 0 Å². The lowest BCUT2D eigenvalue weighted by Crippen LogP contribution is -2.18. The molecule has 184 valence electrons. The van der Waals surface area contributed by atoms with Gasteiger partial charge in [0.25, 0.3) is 0 Å². The first-order valence-corrected chi connectivity index (χ1v) is 12.6. The van der Waals surface area contributed by atoms with E-state index in [2.05, 4.69) is 40.2 Å². The third-order valence-electron chi connectivity index (χ3n) is 6.28. The van der Waals surface area contributed by atoms with E-state index in [1.54, 1.807) is 6.07 Å². The van der Waals surface area contributed by atoms with Gasteiger partial charge in [0.05, 0.1) is 5.56 Å². The first-order valence-electron chi connectivity index (χ1n) is 11.8. The molecule has 37 heavy (non-hydrogen) atoms. The van der Waals surface area contributed by atoms with Crippen molar-refractivity contribution in [3.05, 3.63) is 143 Å². The van der Waals surface area contributed by atoms with Crippen molar-refractivity contribution < 1.29 is 13.2 Å². The van der Waals surface area contributed by atoms with Crippen molar-refractivity contribution in [2.45, 2.75) is 12.7 Å². The highest BCUT2D eigenvalue weighted by Crippen LogP contribution is 2.38. The second-order valence-electron chi connectivity index (χ2n) is 8.69. The van der Waals surface area contributed by atoms with E-state index >= 15 is 0 Å². The molecule has 5 rings (SSSR count). The molecule has 0 unspecified atom stereocenters. The number of alkyl halides is 3. The fraction of sp³-hybridized carbons (Fsp3) is 0.0625. The molecule has 0 saturated heterocycles. The average molecular weight is 558 g/mol. The van der Waals surface area contributed by atoms with Gasteiger partial charge >= 0.3 is 6.18 Å². The van der Waals surface area contributed by atoms with Gasteiger partial charge in [-0.2, -0.15) is 13.2 Å². The van der Waals surface area contributed by atoms with Crippen LogP contribution < -0.4 is 4.90 Å². The van der Waals surface area contributed by atoms with Crippen LogP contribution in [0.3, 0.4) is 0 Å². The third-order valence-corrected chi connectivity index (χ3v) is 7.22. The first-order chi connectivity index (χ1) is 17.9. The summed E-state index contributed by atoms with van der Waals surface area (Å²) in [5, 5.41) is 0. The molecule has 0 spiro atoms. The monoisotopic (exact) mass is 557 g/mol. The van der Waals surface area contributed by atoms with Gasteiger partial charge in [-0.05, 0) is 74.1 Å². The van der Waals surface area contributed by atoms with Gasteiger partial charge in [-0.1, -0.05) is 97.1 Å². The molecule has 0 aliphatic rings. The smallest absolute Gasteiger partial charge is 0.337 e. The lowest BCUT2D eigenvalue weighted by Gasteiger charge is -2.27. The van der Waals surface area contributed by atoms with Gasteiger partial charge in [0.15, 0.2) is 0 Å². The molecule has 0 aliphatic heterocycles. The molecule has 1 nitrogen and oxygen atoms in total. The molecule has 5 heteroatoms. The van der Waals surface area contributed by atoms with E-state index in [1.165, 1.54) is 6.07 Å². The fourth-order valence-electron chi connectivity index (χ4n) is 4.35. The van der Waals surface area contributed by atoms with Crippen LogP contribution in [0.1, 0.15) is 11.1 Å². The van der Waals surface area contributed by atoms with Crippen molar-refractivity contribution in [3.8, 4) is 22.3 Å². The third kappa shape index (κ3) is 5.62. The maximum atomic E-state index is 13.6. The number of halogens is 4. The van der Waals surface area contributed by atoms with Crippen LogP contribution in [0.2, 0.25) is 0 Å². The summed E-state index contributed by atoms with van der Waals surface area (Å²) in [6.07, 6.45) is -4.44. The Morgan fingerprint density at radius 1 is 0.514 bits per heavy atom. The van der Waals surface area contributed by atoms with Crippen LogP contribution in [0.5, 0.6) is 0 Å². The topological polar surface area (TPSA) is 3.24 Å². The molecule has 0 aromatic heterocycles. The lowest BCUT2D eigenvalue weighted by atomic mass is 10.0. The Balaban J connectivity index is 1.53. The molecule has 5 aromatic carbocycles. The number of rotatable bonds is 6. The van der Waals surface area contributed by atoms with Crippen molar-refractivity contribution in [1.29, 1.82) is 0 Å². The lowest BCUT2D eigenvalue weighted by molar-refractivity contribution is -0.138. The maximum absolute atomic E-state index is 13.6. The van der Waals surface area contributed by atoms with Crippen molar-refractivity contribution >= 4 is 27.3 Å². The Hall–Kier alpha value is -3.83. The SMILES string of the molecule is FC(F)(F)c1cccc(CN(c2ccc(-c3ccccc3)cc2)c2ccc(-c3ccccc3)cc2)c1Br. The minimum Gasteiger partial charge on any atom is -0.337 e. The summed E-state index contributed by atoms with van der Waals surface area (Å²) in [5.74, 6) is 0. The second-order valence-corrected chi connectivity index (χ2v) is 9.48. The number of nitrogens with zero attached hydrogens (tertiary/aromatic N) is 1. The summed E-state index contributed by atoms with van der Waals surface area (Å²) in [5.41, 5.74) is 6.00. The van der Waals surface area contributed by atoms with Crippen LogP contribution in [-0.2, 0) is 12.7 Å². The van der Waals surface area contributed by atoms with Crippen LogP contribution in [-0.4, -0.2) is 0 Å². The Morgan fingerprint density at radius 3 is 1.38 bits per heavy atom. The van der Waals surface area contributed by atoms with Gasteiger partial charge in [-0.3, -0.25) is 0 Å². The number of benzene rings is 5. The molecular weight excluding hydrogens is 535 g/mol. The van der Waals surface area contributed by atoms with Gasteiger partial charge in [0.2, 0.25) is 0 Å². The zero-order valence-electron chi connectivity index (χ0n) is 19.8. The normalized spacial score (nSPS) is 11.4. The molecule has 0 amide bonds. The van der Waals surface area contributed by atoms with E-state index in [-0.39, 0.29) is 11.0 Å². The average Bonchev–Trinajstić information content (AvgIpc) is 2.93. The van der Waals surface area contributed by atoms with Crippen molar-refractivity contribution in [2.24, 2.45) is 0 Å². The maximum Gasteiger partial charge on any atom is 0.417 e. The van der Waals surface area contributed by atoms with E-state index < -0.39 is 11.7 Å². The first kappa shape index (κ1) is 24.8. The minimum atomic E-state index is -4.44. The quantitative estimate of drug-likeness (QED) is 0.201. The molecule has 5 aromatic rings. The van der Waals surface area contributed by atoms with Gasteiger partial charge in [-0.15, -0.1) is 0 Å². The van der Waals surface area contributed by atoms with Crippen LogP contribution in [0.15, 0.2) is 132 Å². The highest BCUT2D eigenvalue weighted by atomic mass is 79.9. The highest BCUT2D eigenvalue weighted by Gasteiger charge is 2.33. The summed E-state index contributed by atoms with van der Waals surface area (Å²) in [7, 11) is 0. The molecular formula is C32H23BrF3N. The van der Waals surface area contributed by atoms with E-state index in [4.69, 9.17) is 0 Å². The molecule has 0 bridgehead atoms. The van der Waals surface area contributed by atoms with Crippen LogP contribution in [0, 0.1) is 0 Å². The fourth-order valence-corrected chi connectivity index (χ4v) is 4.97. The summed E-state index contributed by atoms with van der Waals surface area (Å²) in [4.78, 5) is 2.03. The van der Waals surface area contributed by atoms with Crippen LogP contribution in [0.25, 0.3) is 22.3 Å². The van der Waals surface area contributed by atoms with Crippen LogP contribution in [0.4, 0.5) is 24.5 Å².